The standard InChI is InChI=1S/C22H25NO4/c1-15-7-9-16(10-8-15)21(24)17-11-13-23(14-12-17)22(25)20-18(26-2)5-4-6-19(20)27-3/h4-10,17H,11-14H2,1-3H3. The number of likely N-dealkylation sites (tertiary alicyclic amines) is 1. The van der Waals surface area contributed by atoms with E-state index < -0.39 is 0 Å². The number of hydrogen-bond donors (Lipinski definition) is 0. The van der Waals surface area contributed by atoms with Crippen LogP contribution in [-0.2, 0) is 0 Å². The molecule has 2 aromatic carbocycles. The second-order valence-corrected chi connectivity index (χ2v) is 6.83. The molecule has 2 aromatic rings. The third kappa shape index (κ3) is 3.97. The topological polar surface area (TPSA) is 55.8 Å². The summed E-state index contributed by atoms with van der Waals surface area (Å²) < 4.78 is 10.7. The number of piperidine rings is 1. The van der Waals surface area contributed by atoms with Crippen molar-refractivity contribution in [2.75, 3.05) is 27.3 Å². The van der Waals surface area contributed by atoms with E-state index >= 15 is 0 Å². The van der Waals surface area contributed by atoms with Gasteiger partial charge in [0.15, 0.2) is 5.78 Å². The Bertz CT molecular complexity index is 798. The van der Waals surface area contributed by atoms with E-state index in [1.807, 2.05) is 31.2 Å². The minimum atomic E-state index is -0.120. The van der Waals surface area contributed by atoms with Crippen LogP contribution in [0.2, 0.25) is 0 Å². The Hall–Kier alpha value is -2.82. The first-order chi connectivity index (χ1) is 13.0. The molecule has 0 aromatic heterocycles. The van der Waals surface area contributed by atoms with Gasteiger partial charge in [-0.05, 0) is 31.9 Å². The smallest absolute Gasteiger partial charge is 0.261 e. The van der Waals surface area contributed by atoms with Crippen molar-refractivity contribution in [2.45, 2.75) is 19.8 Å². The number of ether oxygens (including phenoxy) is 2. The maximum absolute atomic E-state index is 13.0. The van der Waals surface area contributed by atoms with Crippen molar-refractivity contribution in [3.63, 3.8) is 0 Å². The monoisotopic (exact) mass is 367 g/mol. The van der Waals surface area contributed by atoms with E-state index in [1.54, 1.807) is 23.1 Å². The summed E-state index contributed by atoms with van der Waals surface area (Å²) in [5, 5.41) is 0. The molecule has 0 radical (unpaired) electrons. The third-order valence-corrected chi connectivity index (χ3v) is 5.13. The van der Waals surface area contributed by atoms with Crippen LogP contribution in [0.1, 0.15) is 39.1 Å². The van der Waals surface area contributed by atoms with Crippen LogP contribution < -0.4 is 9.47 Å². The molecule has 5 heteroatoms. The lowest BCUT2D eigenvalue weighted by atomic mass is 9.88. The fourth-order valence-electron chi connectivity index (χ4n) is 3.52. The largest absolute Gasteiger partial charge is 0.496 e. The number of benzene rings is 2. The molecule has 0 atom stereocenters. The Balaban J connectivity index is 1.70. The zero-order valence-corrected chi connectivity index (χ0v) is 16.0. The van der Waals surface area contributed by atoms with Crippen LogP contribution in [0.3, 0.4) is 0 Å². The van der Waals surface area contributed by atoms with E-state index in [1.165, 1.54) is 14.2 Å². The average molecular weight is 367 g/mol. The first-order valence-electron chi connectivity index (χ1n) is 9.16. The van der Waals surface area contributed by atoms with Gasteiger partial charge in [-0.15, -0.1) is 0 Å². The number of hydrogen-bond acceptors (Lipinski definition) is 4. The van der Waals surface area contributed by atoms with Crippen molar-refractivity contribution in [3.05, 3.63) is 59.2 Å². The molecule has 1 aliphatic rings. The van der Waals surface area contributed by atoms with Gasteiger partial charge >= 0.3 is 0 Å². The second-order valence-electron chi connectivity index (χ2n) is 6.83. The molecule has 0 aliphatic carbocycles. The van der Waals surface area contributed by atoms with E-state index in [0.29, 0.717) is 43.0 Å². The number of nitrogens with zero attached hydrogens (tertiary/aromatic N) is 1. The number of carbonyl (C=O) groups excluding carboxylic acids is 2. The van der Waals surface area contributed by atoms with E-state index in [0.717, 1.165) is 11.1 Å². The summed E-state index contributed by atoms with van der Waals surface area (Å²) in [5.74, 6) is 0.994. The molecule has 0 spiro atoms. The van der Waals surface area contributed by atoms with Gasteiger partial charge in [0.1, 0.15) is 17.1 Å². The van der Waals surface area contributed by atoms with Crippen molar-refractivity contribution in [1.82, 2.24) is 4.90 Å². The Morgan fingerprint density at radius 1 is 0.926 bits per heavy atom. The van der Waals surface area contributed by atoms with Crippen molar-refractivity contribution < 1.29 is 19.1 Å². The number of methoxy groups -OCH3 is 2. The fraction of sp³-hybridized carbons (Fsp3) is 0.364. The zero-order valence-electron chi connectivity index (χ0n) is 16.0. The highest BCUT2D eigenvalue weighted by Crippen LogP contribution is 2.31. The first kappa shape index (κ1) is 19.0. The second kappa shape index (κ2) is 8.25. The number of Topliss-reactive ketones (excluding diaryl/α,β-unsaturated/α-hetero) is 1. The molecule has 0 bridgehead atoms. The van der Waals surface area contributed by atoms with Crippen molar-refractivity contribution in [2.24, 2.45) is 5.92 Å². The molecular formula is C22H25NO4. The highest BCUT2D eigenvalue weighted by molar-refractivity contribution is 6.00. The number of rotatable bonds is 5. The van der Waals surface area contributed by atoms with Crippen LogP contribution in [0.4, 0.5) is 0 Å². The summed E-state index contributed by atoms with van der Waals surface area (Å²) in [5.41, 5.74) is 2.32. The molecule has 3 rings (SSSR count). The normalized spacial score (nSPS) is 14.7. The Labute approximate surface area is 159 Å². The van der Waals surface area contributed by atoms with Gasteiger partial charge in [0.2, 0.25) is 0 Å². The molecule has 142 valence electrons. The minimum absolute atomic E-state index is 0.0451. The number of ketones is 1. The summed E-state index contributed by atoms with van der Waals surface area (Å²) >= 11 is 0. The predicted molar refractivity (Wildman–Crippen MR) is 104 cm³/mol. The SMILES string of the molecule is COc1cccc(OC)c1C(=O)N1CCC(C(=O)c2ccc(C)cc2)CC1. The highest BCUT2D eigenvalue weighted by atomic mass is 16.5. The van der Waals surface area contributed by atoms with E-state index in [9.17, 15) is 9.59 Å². The summed E-state index contributed by atoms with van der Waals surface area (Å²) in [6.45, 7) is 3.09. The quantitative estimate of drug-likeness (QED) is 0.756. The molecular weight excluding hydrogens is 342 g/mol. The van der Waals surface area contributed by atoms with E-state index in [2.05, 4.69) is 0 Å². The maximum atomic E-state index is 13.0. The van der Waals surface area contributed by atoms with Crippen molar-refractivity contribution in [3.8, 4) is 11.5 Å². The summed E-state index contributed by atoms with van der Waals surface area (Å²) in [4.78, 5) is 27.5. The van der Waals surface area contributed by atoms with Gasteiger partial charge in [0.25, 0.3) is 5.91 Å². The third-order valence-electron chi connectivity index (χ3n) is 5.13. The van der Waals surface area contributed by atoms with Gasteiger partial charge in [-0.2, -0.15) is 0 Å². The molecule has 1 heterocycles. The Morgan fingerprint density at radius 2 is 1.48 bits per heavy atom. The number of carbonyl (C=O) groups is 2. The van der Waals surface area contributed by atoms with Gasteiger partial charge < -0.3 is 14.4 Å². The molecule has 5 nitrogen and oxygen atoms in total. The average Bonchev–Trinajstić information content (AvgIpc) is 2.72. The fourth-order valence-corrected chi connectivity index (χ4v) is 3.52. The lowest BCUT2D eigenvalue weighted by Gasteiger charge is -2.32. The lowest BCUT2D eigenvalue weighted by molar-refractivity contribution is 0.0644. The van der Waals surface area contributed by atoms with Crippen LogP contribution in [0.5, 0.6) is 11.5 Å². The van der Waals surface area contributed by atoms with Gasteiger partial charge in [-0.25, -0.2) is 0 Å². The summed E-state index contributed by atoms with van der Waals surface area (Å²) in [6, 6.07) is 13.0. The number of aryl methyl sites for hydroxylation is 1. The molecule has 1 aliphatic heterocycles. The van der Waals surface area contributed by atoms with E-state index in [-0.39, 0.29) is 17.6 Å². The van der Waals surface area contributed by atoms with Crippen LogP contribution in [0, 0.1) is 12.8 Å². The molecule has 27 heavy (non-hydrogen) atoms. The van der Waals surface area contributed by atoms with Gasteiger partial charge in [0, 0.05) is 24.6 Å². The van der Waals surface area contributed by atoms with Crippen molar-refractivity contribution in [1.29, 1.82) is 0 Å². The Kier molecular flexibility index (Phi) is 5.79. The van der Waals surface area contributed by atoms with Crippen molar-refractivity contribution >= 4 is 11.7 Å². The van der Waals surface area contributed by atoms with Crippen LogP contribution in [0.15, 0.2) is 42.5 Å². The minimum Gasteiger partial charge on any atom is -0.496 e. The zero-order chi connectivity index (χ0) is 19.4. The lowest BCUT2D eigenvalue weighted by Crippen LogP contribution is -2.40. The molecule has 1 fully saturated rings. The molecule has 1 saturated heterocycles. The molecule has 0 saturated carbocycles. The summed E-state index contributed by atoms with van der Waals surface area (Å²) in [7, 11) is 3.08. The number of amides is 1. The van der Waals surface area contributed by atoms with E-state index in [4.69, 9.17) is 9.47 Å². The van der Waals surface area contributed by atoms with Crippen LogP contribution in [0.25, 0.3) is 0 Å². The molecule has 0 N–H and O–H groups in total. The summed E-state index contributed by atoms with van der Waals surface area (Å²) in [6.07, 6.45) is 1.33. The Morgan fingerprint density at radius 3 is 2.00 bits per heavy atom. The highest BCUT2D eigenvalue weighted by Gasteiger charge is 2.30. The van der Waals surface area contributed by atoms with Gasteiger partial charge in [-0.1, -0.05) is 35.9 Å². The maximum Gasteiger partial charge on any atom is 0.261 e. The van der Waals surface area contributed by atoms with Gasteiger partial charge in [0.05, 0.1) is 14.2 Å². The molecule has 0 unspecified atom stereocenters. The van der Waals surface area contributed by atoms with Crippen LogP contribution in [-0.4, -0.2) is 43.9 Å². The predicted octanol–water partition coefficient (Wildman–Crippen LogP) is 3.75. The molecule has 1 amide bonds. The van der Waals surface area contributed by atoms with Crippen LogP contribution >= 0.6 is 0 Å². The van der Waals surface area contributed by atoms with Gasteiger partial charge in [-0.3, -0.25) is 9.59 Å². The first-order valence-corrected chi connectivity index (χ1v) is 9.16.